The van der Waals surface area contributed by atoms with Gasteiger partial charge in [0.1, 0.15) is 5.37 Å². The molecule has 1 N–H and O–H groups in total. The SMILES string of the molecule is COC(=O)c1ccc(C2NC(=O)C(C)S2)cc1. The number of thioether (sulfide) groups is 1. The molecule has 1 aliphatic rings. The fourth-order valence-corrected chi connectivity index (χ4v) is 2.72. The number of methoxy groups -OCH3 is 1. The Hall–Kier alpha value is -1.49. The molecule has 0 aromatic heterocycles. The van der Waals surface area contributed by atoms with Crippen LogP contribution in [0.3, 0.4) is 0 Å². The van der Waals surface area contributed by atoms with Gasteiger partial charge in [0.15, 0.2) is 0 Å². The average molecular weight is 251 g/mol. The summed E-state index contributed by atoms with van der Waals surface area (Å²) in [6.07, 6.45) is 0. The highest BCUT2D eigenvalue weighted by Crippen LogP contribution is 2.35. The normalized spacial score (nSPS) is 23.3. The zero-order valence-electron chi connectivity index (χ0n) is 9.60. The number of amides is 1. The third-order valence-corrected chi connectivity index (χ3v) is 3.90. The minimum absolute atomic E-state index is 0.0239. The summed E-state index contributed by atoms with van der Waals surface area (Å²) < 4.78 is 4.62. The van der Waals surface area contributed by atoms with Crippen LogP contribution in [-0.4, -0.2) is 24.2 Å². The van der Waals surface area contributed by atoms with Gasteiger partial charge in [-0.2, -0.15) is 0 Å². The average Bonchev–Trinajstić information content (AvgIpc) is 2.69. The molecule has 2 rings (SSSR count). The maximum Gasteiger partial charge on any atom is 0.337 e. The van der Waals surface area contributed by atoms with Crippen molar-refractivity contribution in [1.29, 1.82) is 0 Å². The summed E-state index contributed by atoms with van der Waals surface area (Å²) >= 11 is 1.57. The van der Waals surface area contributed by atoms with Gasteiger partial charge >= 0.3 is 5.97 Å². The summed E-state index contributed by atoms with van der Waals surface area (Å²) in [4.78, 5) is 22.6. The first-order valence-electron chi connectivity index (χ1n) is 5.26. The maximum atomic E-state index is 11.4. The van der Waals surface area contributed by atoms with Gasteiger partial charge in [0, 0.05) is 0 Å². The van der Waals surface area contributed by atoms with E-state index in [4.69, 9.17) is 0 Å². The van der Waals surface area contributed by atoms with E-state index in [9.17, 15) is 9.59 Å². The Morgan fingerprint density at radius 3 is 2.47 bits per heavy atom. The molecule has 17 heavy (non-hydrogen) atoms. The lowest BCUT2D eigenvalue weighted by atomic mass is 10.1. The van der Waals surface area contributed by atoms with Crippen LogP contribution in [0.25, 0.3) is 0 Å². The Kier molecular flexibility index (Phi) is 3.38. The fourth-order valence-electron chi connectivity index (χ4n) is 1.62. The second kappa shape index (κ2) is 4.79. The predicted molar refractivity (Wildman–Crippen MR) is 65.7 cm³/mol. The molecule has 1 aromatic rings. The third-order valence-electron chi connectivity index (χ3n) is 2.62. The van der Waals surface area contributed by atoms with Gasteiger partial charge < -0.3 is 10.1 Å². The number of ether oxygens (including phenoxy) is 1. The number of nitrogens with one attached hydrogen (secondary N) is 1. The highest BCUT2D eigenvalue weighted by molar-refractivity contribution is 8.01. The van der Waals surface area contributed by atoms with E-state index in [1.807, 2.05) is 19.1 Å². The summed E-state index contributed by atoms with van der Waals surface area (Å²) in [6, 6.07) is 7.08. The number of hydrogen-bond donors (Lipinski definition) is 1. The molecule has 0 radical (unpaired) electrons. The van der Waals surface area contributed by atoms with E-state index in [2.05, 4.69) is 10.1 Å². The molecule has 1 aromatic carbocycles. The number of hydrogen-bond acceptors (Lipinski definition) is 4. The van der Waals surface area contributed by atoms with Gasteiger partial charge in [0.2, 0.25) is 5.91 Å². The molecule has 5 heteroatoms. The molecule has 0 bridgehead atoms. The zero-order valence-corrected chi connectivity index (χ0v) is 10.4. The summed E-state index contributed by atoms with van der Waals surface area (Å²) in [6.45, 7) is 1.88. The Labute approximate surface area is 104 Å². The molecule has 1 saturated heterocycles. The van der Waals surface area contributed by atoms with Crippen molar-refractivity contribution in [2.45, 2.75) is 17.5 Å². The zero-order chi connectivity index (χ0) is 12.4. The van der Waals surface area contributed by atoms with E-state index in [0.717, 1.165) is 5.56 Å². The minimum atomic E-state index is -0.354. The Bertz CT molecular complexity index is 444. The van der Waals surface area contributed by atoms with E-state index in [0.29, 0.717) is 5.56 Å². The van der Waals surface area contributed by atoms with Crippen molar-refractivity contribution in [2.24, 2.45) is 0 Å². The largest absolute Gasteiger partial charge is 0.465 e. The summed E-state index contributed by atoms with van der Waals surface area (Å²) in [5, 5.41) is 2.84. The van der Waals surface area contributed by atoms with Crippen LogP contribution in [0.1, 0.15) is 28.2 Å². The van der Waals surface area contributed by atoms with Crippen molar-refractivity contribution in [3.8, 4) is 0 Å². The second-order valence-corrected chi connectivity index (χ2v) is 5.23. The van der Waals surface area contributed by atoms with Crippen LogP contribution >= 0.6 is 11.8 Å². The lowest BCUT2D eigenvalue weighted by molar-refractivity contribution is -0.119. The first-order chi connectivity index (χ1) is 8.11. The van der Waals surface area contributed by atoms with Crippen molar-refractivity contribution in [3.63, 3.8) is 0 Å². The van der Waals surface area contributed by atoms with Gasteiger partial charge in [-0.25, -0.2) is 4.79 Å². The standard InChI is InChI=1S/C12H13NO3S/c1-7-10(14)13-11(17-7)8-3-5-9(6-4-8)12(15)16-2/h3-7,11H,1-2H3,(H,13,14). The molecule has 90 valence electrons. The second-order valence-electron chi connectivity index (χ2n) is 3.78. The van der Waals surface area contributed by atoms with Crippen molar-refractivity contribution in [3.05, 3.63) is 35.4 Å². The molecule has 1 fully saturated rings. The number of carbonyl (C=O) groups excluding carboxylic acids is 2. The van der Waals surface area contributed by atoms with E-state index >= 15 is 0 Å². The van der Waals surface area contributed by atoms with Gasteiger partial charge in [-0.1, -0.05) is 12.1 Å². The van der Waals surface area contributed by atoms with Crippen molar-refractivity contribution >= 4 is 23.6 Å². The quantitative estimate of drug-likeness (QED) is 0.813. The predicted octanol–water partition coefficient (Wildman–Crippen LogP) is 1.72. The fraction of sp³-hybridized carbons (Fsp3) is 0.333. The van der Waals surface area contributed by atoms with E-state index in [1.165, 1.54) is 7.11 Å². The molecule has 0 aliphatic carbocycles. The molecule has 1 heterocycles. The Morgan fingerprint density at radius 1 is 1.35 bits per heavy atom. The van der Waals surface area contributed by atoms with Gasteiger partial charge in [-0.3, -0.25) is 4.79 Å². The Balaban J connectivity index is 2.14. The van der Waals surface area contributed by atoms with Crippen LogP contribution in [0.15, 0.2) is 24.3 Å². The molecule has 2 atom stereocenters. The van der Waals surface area contributed by atoms with E-state index in [-0.39, 0.29) is 22.5 Å². The van der Waals surface area contributed by atoms with Crippen LogP contribution in [0.5, 0.6) is 0 Å². The molecule has 2 unspecified atom stereocenters. The number of benzene rings is 1. The van der Waals surface area contributed by atoms with E-state index in [1.54, 1.807) is 23.9 Å². The highest BCUT2D eigenvalue weighted by Gasteiger charge is 2.29. The number of rotatable bonds is 2. The van der Waals surface area contributed by atoms with Crippen molar-refractivity contribution in [2.75, 3.05) is 7.11 Å². The number of carbonyl (C=O) groups is 2. The Morgan fingerprint density at radius 2 is 2.00 bits per heavy atom. The van der Waals surface area contributed by atoms with Crippen LogP contribution in [-0.2, 0) is 9.53 Å². The molecular formula is C12H13NO3S. The lowest BCUT2D eigenvalue weighted by Crippen LogP contribution is -2.22. The first-order valence-corrected chi connectivity index (χ1v) is 6.20. The van der Waals surface area contributed by atoms with Crippen LogP contribution in [0.4, 0.5) is 0 Å². The molecule has 1 amide bonds. The molecule has 0 saturated carbocycles. The topological polar surface area (TPSA) is 55.4 Å². The minimum Gasteiger partial charge on any atom is -0.465 e. The summed E-state index contributed by atoms with van der Waals surface area (Å²) in [7, 11) is 1.35. The summed E-state index contributed by atoms with van der Waals surface area (Å²) in [5.41, 5.74) is 1.50. The van der Waals surface area contributed by atoms with Crippen molar-refractivity contribution in [1.82, 2.24) is 5.32 Å². The smallest absolute Gasteiger partial charge is 0.337 e. The van der Waals surface area contributed by atoms with E-state index < -0.39 is 0 Å². The van der Waals surface area contributed by atoms with Crippen LogP contribution in [0, 0.1) is 0 Å². The molecule has 1 aliphatic heterocycles. The van der Waals surface area contributed by atoms with Crippen LogP contribution < -0.4 is 5.32 Å². The van der Waals surface area contributed by atoms with Gasteiger partial charge in [-0.05, 0) is 24.6 Å². The lowest BCUT2D eigenvalue weighted by Gasteiger charge is -2.09. The van der Waals surface area contributed by atoms with Crippen LogP contribution in [0.2, 0.25) is 0 Å². The maximum absolute atomic E-state index is 11.4. The molecule has 4 nitrogen and oxygen atoms in total. The highest BCUT2D eigenvalue weighted by atomic mass is 32.2. The van der Waals surface area contributed by atoms with Gasteiger partial charge in [-0.15, -0.1) is 11.8 Å². The monoisotopic (exact) mass is 251 g/mol. The molecule has 0 spiro atoms. The van der Waals surface area contributed by atoms with Gasteiger partial charge in [0.25, 0.3) is 0 Å². The number of esters is 1. The van der Waals surface area contributed by atoms with Gasteiger partial charge in [0.05, 0.1) is 17.9 Å². The third kappa shape index (κ3) is 2.44. The first kappa shape index (κ1) is 12.0. The summed E-state index contributed by atoms with van der Waals surface area (Å²) in [5.74, 6) is -0.301. The molecular weight excluding hydrogens is 238 g/mol. The van der Waals surface area contributed by atoms with Crippen molar-refractivity contribution < 1.29 is 14.3 Å².